The minimum absolute atomic E-state index is 0.0945. The van der Waals surface area contributed by atoms with Crippen molar-refractivity contribution in [2.24, 2.45) is 5.92 Å². The lowest BCUT2D eigenvalue weighted by atomic mass is 9.82. The SMILES string of the molecule is COC(CS(=O)(=O)c1ccc(C)cc1)C1CCC1. The summed E-state index contributed by atoms with van der Waals surface area (Å²) in [4.78, 5) is 0.398. The van der Waals surface area contributed by atoms with E-state index in [0.717, 1.165) is 18.4 Å². The summed E-state index contributed by atoms with van der Waals surface area (Å²) in [6, 6.07) is 7.02. The molecule has 4 heteroatoms. The number of rotatable bonds is 5. The molecule has 0 heterocycles. The van der Waals surface area contributed by atoms with Crippen LogP contribution in [0.4, 0.5) is 0 Å². The van der Waals surface area contributed by atoms with Crippen LogP contribution >= 0.6 is 0 Å². The molecule has 1 fully saturated rings. The molecular formula is C14H20O3S. The Morgan fingerprint density at radius 1 is 1.28 bits per heavy atom. The standard InChI is InChI=1S/C14H20O3S/c1-11-6-8-13(9-7-11)18(15,16)10-14(17-2)12-4-3-5-12/h6-9,12,14H,3-5,10H2,1-2H3. The smallest absolute Gasteiger partial charge is 0.180 e. The molecule has 2 rings (SSSR count). The van der Waals surface area contributed by atoms with Gasteiger partial charge in [0.2, 0.25) is 0 Å². The van der Waals surface area contributed by atoms with Crippen LogP contribution in [0, 0.1) is 12.8 Å². The molecule has 3 nitrogen and oxygen atoms in total. The number of methoxy groups -OCH3 is 1. The Morgan fingerprint density at radius 3 is 2.33 bits per heavy atom. The second-order valence-electron chi connectivity index (χ2n) is 5.06. The van der Waals surface area contributed by atoms with Gasteiger partial charge in [-0.1, -0.05) is 24.1 Å². The van der Waals surface area contributed by atoms with E-state index in [1.54, 1.807) is 19.2 Å². The minimum Gasteiger partial charge on any atom is -0.380 e. The second kappa shape index (κ2) is 5.41. The normalized spacial score (nSPS) is 18.3. The lowest BCUT2D eigenvalue weighted by Crippen LogP contribution is -2.34. The van der Waals surface area contributed by atoms with Crippen molar-refractivity contribution in [2.75, 3.05) is 12.9 Å². The van der Waals surface area contributed by atoms with Crippen molar-refractivity contribution < 1.29 is 13.2 Å². The van der Waals surface area contributed by atoms with Crippen molar-refractivity contribution >= 4 is 9.84 Å². The van der Waals surface area contributed by atoms with Crippen molar-refractivity contribution in [3.63, 3.8) is 0 Å². The number of sulfone groups is 1. The van der Waals surface area contributed by atoms with E-state index < -0.39 is 9.84 Å². The highest BCUT2D eigenvalue weighted by Crippen LogP contribution is 2.32. The summed E-state index contributed by atoms with van der Waals surface area (Å²) in [5.74, 6) is 0.507. The lowest BCUT2D eigenvalue weighted by Gasteiger charge is -2.32. The molecule has 1 aromatic carbocycles. The fraction of sp³-hybridized carbons (Fsp3) is 0.571. The zero-order valence-corrected chi connectivity index (χ0v) is 11.7. The van der Waals surface area contributed by atoms with Crippen LogP contribution < -0.4 is 0 Å². The first-order chi connectivity index (χ1) is 8.53. The average Bonchev–Trinajstić information content (AvgIpc) is 2.26. The van der Waals surface area contributed by atoms with Gasteiger partial charge in [-0.25, -0.2) is 8.42 Å². The third kappa shape index (κ3) is 2.93. The Kier molecular flexibility index (Phi) is 4.07. The third-order valence-corrected chi connectivity index (χ3v) is 5.50. The summed E-state index contributed by atoms with van der Waals surface area (Å²) in [6.45, 7) is 1.95. The fourth-order valence-corrected chi connectivity index (χ4v) is 3.85. The molecule has 0 aromatic heterocycles. The fourth-order valence-electron chi connectivity index (χ4n) is 2.27. The van der Waals surface area contributed by atoms with Gasteiger partial charge in [-0.05, 0) is 37.8 Å². The van der Waals surface area contributed by atoms with Gasteiger partial charge in [0, 0.05) is 7.11 Å². The summed E-state index contributed by atoms with van der Waals surface area (Å²) < 4.78 is 29.9. The Bertz CT molecular complexity index is 486. The Balaban J connectivity index is 2.12. The topological polar surface area (TPSA) is 43.4 Å². The molecule has 0 bridgehead atoms. The molecular weight excluding hydrogens is 248 g/mol. The van der Waals surface area contributed by atoms with Crippen LogP contribution in [0.5, 0.6) is 0 Å². The van der Waals surface area contributed by atoms with E-state index >= 15 is 0 Å². The third-order valence-electron chi connectivity index (χ3n) is 3.74. The van der Waals surface area contributed by atoms with E-state index in [1.165, 1.54) is 6.42 Å². The lowest BCUT2D eigenvalue weighted by molar-refractivity contribution is 0.0353. The van der Waals surface area contributed by atoms with Gasteiger partial charge in [0.15, 0.2) is 9.84 Å². The molecule has 0 amide bonds. The maximum Gasteiger partial charge on any atom is 0.180 e. The molecule has 0 saturated heterocycles. The summed E-state index contributed by atoms with van der Waals surface area (Å²) in [6.07, 6.45) is 3.20. The van der Waals surface area contributed by atoms with E-state index in [1.807, 2.05) is 19.1 Å². The van der Waals surface area contributed by atoms with E-state index in [0.29, 0.717) is 10.8 Å². The quantitative estimate of drug-likeness (QED) is 0.824. The van der Waals surface area contributed by atoms with Crippen molar-refractivity contribution in [3.05, 3.63) is 29.8 Å². The van der Waals surface area contributed by atoms with E-state index in [4.69, 9.17) is 4.74 Å². The molecule has 1 saturated carbocycles. The van der Waals surface area contributed by atoms with Gasteiger partial charge in [-0.15, -0.1) is 0 Å². The molecule has 100 valence electrons. The van der Waals surface area contributed by atoms with E-state index in [2.05, 4.69) is 0 Å². The molecule has 0 radical (unpaired) electrons. The number of hydrogen-bond acceptors (Lipinski definition) is 3. The van der Waals surface area contributed by atoms with Crippen molar-refractivity contribution in [3.8, 4) is 0 Å². The highest BCUT2D eigenvalue weighted by Gasteiger charge is 2.31. The predicted molar refractivity (Wildman–Crippen MR) is 71.4 cm³/mol. The van der Waals surface area contributed by atoms with Gasteiger partial charge in [0.25, 0.3) is 0 Å². The molecule has 1 aromatic rings. The van der Waals surface area contributed by atoms with Gasteiger partial charge in [0.1, 0.15) is 0 Å². The number of hydrogen-bond donors (Lipinski definition) is 0. The molecule has 18 heavy (non-hydrogen) atoms. The predicted octanol–water partition coefficient (Wildman–Crippen LogP) is 2.58. The molecule has 0 spiro atoms. The van der Waals surface area contributed by atoms with Gasteiger partial charge in [-0.3, -0.25) is 0 Å². The average molecular weight is 268 g/mol. The summed E-state index contributed by atoms with van der Waals surface area (Å²) in [7, 11) is -1.63. The van der Waals surface area contributed by atoms with E-state index in [9.17, 15) is 8.42 Å². The zero-order chi connectivity index (χ0) is 13.2. The highest BCUT2D eigenvalue weighted by atomic mass is 32.2. The second-order valence-corrected chi connectivity index (χ2v) is 7.09. The van der Waals surface area contributed by atoms with Crippen LogP contribution in [0.3, 0.4) is 0 Å². The van der Waals surface area contributed by atoms with Crippen LogP contribution in [-0.2, 0) is 14.6 Å². The van der Waals surface area contributed by atoms with E-state index in [-0.39, 0.29) is 11.9 Å². The van der Waals surface area contributed by atoms with Crippen LogP contribution in [0.2, 0.25) is 0 Å². The van der Waals surface area contributed by atoms with Gasteiger partial charge >= 0.3 is 0 Å². The highest BCUT2D eigenvalue weighted by molar-refractivity contribution is 7.91. The number of benzene rings is 1. The Labute approximate surface area is 109 Å². The molecule has 1 aliphatic rings. The Morgan fingerprint density at radius 2 is 1.89 bits per heavy atom. The monoisotopic (exact) mass is 268 g/mol. The van der Waals surface area contributed by atoms with Crippen LogP contribution in [0.1, 0.15) is 24.8 Å². The summed E-state index contributed by atoms with van der Waals surface area (Å²) in [5.41, 5.74) is 1.07. The van der Waals surface area contributed by atoms with Crippen molar-refractivity contribution in [1.29, 1.82) is 0 Å². The summed E-state index contributed by atoms with van der Waals surface area (Å²) in [5, 5.41) is 0. The maximum absolute atomic E-state index is 12.3. The van der Waals surface area contributed by atoms with Gasteiger partial charge < -0.3 is 4.74 Å². The van der Waals surface area contributed by atoms with Crippen LogP contribution in [0.15, 0.2) is 29.2 Å². The first-order valence-electron chi connectivity index (χ1n) is 6.35. The minimum atomic E-state index is -3.23. The van der Waals surface area contributed by atoms with Gasteiger partial charge in [0.05, 0.1) is 16.8 Å². The summed E-state index contributed by atoms with van der Waals surface area (Å²) >= 11 is 0. The molecule has 0 N–H and O–H groups in total. The molecule has 0 aliphatic heterocycles. The first kappa shape index (κ1) is 13.6. The van der Waals surface area contributed by atoms with Crippen molar-refractivity contribution in [2.45, 2.75) is 37.2 Å². The molecule has 1 atom stereocenters. The maximum atomic E-state index is 12.3. The number of ether oxygens (including phenoxy) is 1. The largest absolute Gasteiger partial charge is 0.380 e. The Hall–Kier alpha value is -0.870. The molecule has 1 aliphatic carbocycles. The van der Waals surface area contributed by atoms with Crippen molar-refractivity contribution in [1.82, 2.24) is 0 Å². The van der Waals surface area contributed by atoms with Gasteiger partial charge in [-0.2, -0.15) is 0 Å². The van der Waals surface area contributed by atoms with Crippen LogP contribution in [0.25, 0.3) is 0 Å². The zero-order valence-electron chi connectivity index (χ0n) is 10.9. The van der Waals surface area contributed by atoms with Crippen LogP contribution in [-0.4, -0.2) is 27.4 Å². The number of aryl methyl sites for hydroxylation is 1. The first-order valence-corrected chi connectivity index (χ1v) is 8.00. The molecule has 1 unspecified atom stereocenters.